The maximum Gasteiger partial charge on any atom is 0.317 e. The summed E-state index contributed by atoms with van der Waals surface area (Å²) in [6.07, 6.45) is 1.54. The van der Waals surface area contributed by atoms with Crippen molar-refractivity contribution in [2.24, 2.45) is 5.41 Å². The van der Waals surface area contributed by atoms with E-state index in [4.69, 9.17) is 4.42 Å². The summed E-state index contributed by atoms with van der Waals surface area (Å²) in [7, 11) is 1.63. The Hall–Kier alpha value is -1.98. The molecule has 1 aromatic rings. The summed E-state index contributed by atoms with van der Waals surface area (Å²) in [4.78, 5) is 24.9. The molecule has 0 aliphatic rings. The molecule has 0 radical (unpaired) electrons. The van der Waals surface area contributed by atoms with Gasteiger partial charge in [0.05, 0.1) is 23.8 Å². The Bertz CT molecular complexity index is 477. The molecule has 0 saturated heterocycles. The first-order valence-electron chi connectivity index (χ1n) is 6.37. The summed E-state index contributed by atoms with van der Waals surface area (Å²) in [5.74, 6) is -0.297. The molecular weight excluding hydrogens is 260 g/mol. The molecule has 1 rings (SSSR count). The first kappa shape index (κ1) is 16.1. The largest absolute Gasteiger partial charge is 0.481 e. The number of carbonyl (C=O) groups is 2. The fourth-order valence-corrected chi connectivity index (χ4v) is 1.49. The number of amides is 2. The van der Waals surface area contributed by atoms with E-state index in [0.29, 0.717) is 12.3 Å². The van der Waals surface area contributed by atoms with Crippen LogP contribution in [0.25, 0.3) is 0 Å². The molecule has 0 aromatic carbocycles. The SMILES string of the molecule is CN(Cc1ccco1)C(=O)NC(C)(C)C(C)(C)C(=O)O. The van der Waals surface area contributed by atoms with E-state index in [-0.39, 0.29) is 6.03 Å². The molecule has 2 amide bonds. The third kappa shape index (κ3) is 3.31. The minimum absolute atomic E-state index is 0.322. The van der Waals surface area contributed by atoms with Crippen LogP contribution in [0.15, 0.2) is 22.8 Å². The van der Waals surface area contributed by atoms with Crippen LogP contribution in [-0.4, -0.2) is 34.6 Å². The molecule has 112 valence electrons. The fraction of sp³-hybridized carbons (Fsp3) is 0.571. The van der Waals surface area contributed by atoms with Gasteiger partial charge in [0.15, 0.2) is 0 Å². The fourth-order valence-electron chi connectivity index (χ4n) is 1.49. The third-order valence-electron chi connectivity index (χ3n) is 3.84. The molecule has 0 unspecified atom stereocenters. The van der Waals surface area contributed by atoms with Gasteiger partial charge in [0.1, 0.15) is 5.76 Å². The Morgan fingerprint density at radius 2 is 1.95 bits per heavy atom. The molecule has 6 nitrogen and oxygen atoms in total. The second-order valence-electron chi connectivity index (χ2n) is 5.92. The van der Waals surface area contributed by atoms with Crippen LogP contribution in [0.5, 0.6) is 0 Å². The zero-order chi connectivity index (χ0) is 15.6. The smallest absolute Gasteiger partial charge is 0.317 e. The first-order chi connectivity index (χ1) is 9.08. The number of urea groups is 1. The number of hydrogen-bond acceptors (Lipinski definition) is 3. The van der Waals surface area contributed by atoms with E-state index in [2.05, 4.69) is 5.32 Å². The van der Waals surface area contributed by atoms with Crippen LogP contribution in [0.4, 0.5) is 4.79 Å². The van der Waals surface area contributed by atoms with Crippen molar-refractivity contribution in [2.75, 3.05) is 7.05 Å². The predicted octanol–water partition coefficient (Wildman–Crippen LogP) is 2.31. The van der Waals surface area contributed by atoms with Gasteiger partial charge in [-0.2, -0.15) is 0 Å². The zero-order valence-electron chi connectivity index (χ0n) is 12.6. The number of carbonyl (C=O) groups excluding carboxylic acids is 1. The second kappa shape index (κ2) is 5.56. The molecule has 1 aromatic heterocycles. The topological polar surface area (TPSA) is 82.8 Å². The van der Waals surface area contributed by atoms with Crippen molar-refractivity contribution in [3.8, 4) is 0 Å². The lowest BCUT2D eigenvalue weighted by Crippen LogP contribution is -2.59. The van der Waals surface area contributed by atoms with E-state index in [9.17, 15) is 14.7 Å². The number of aliphatic carboxylic acids is 1. The average molecular weight is 282 g/mol. The molecule has 0 atom stereocenters. The summed E-state index contributed by atoms with van der Waals surface area (Å²) >= 11 is 0. The van der Waals surface area contributed by atoms with Crippen molar-refractivity contribution >= 4 is 12.0 Å². The highest BCUT2D eigenvalue weighted by atomic mass is 16.4. The van der Waals surface area contributed by atoms with Crippen molar-refractivity contribution in [3.63, 3.8) is 0 Å². The van der Waals surface area contributed by atoms with Gasteiger partial charge in [0.25, 0.3) is 0 Å². The molecule has 1 heterocycles. The van der Waals surface area contributed by atoms with E-state index in [1.807, 2.05) is 0 Å². The van der Waals surface area contributed by atoms with Crippen LogP contribution >= 0.6 is 0 Å². The van der Waals surface area contributed by atoms with E-state index >= 15 is 0 Å². The van der Waals surface area contributed by atoms with E-state index in [1.165, 1.54) is 4.90 Å². The Labute approximate surface area is 118 Å². The highest BCUT2D eigenvalue weighted by Gasteiger charge is 2.44. The van der Waals surface area contributed by atoms with Gasteiger partial charge in [-0.15, -0.1) is 0 Å². The molecule has 0 aliphatic heterocycles. The van der Waals surface area contributed by atoms with Crippen molar-refractivity contribution in [2.45, 2.75) is 39.8 Å². The van der Waals surface area contributed by atoms with Gasteiger partial charge in [-0.25, -0.2) is 4.79 Å². The summed E-state index contributed by atoms with van der Waals surface area (Å²) in [6.45, 7) is 6.88. The number of carboxylic acid groups (broad SMARTS) is 1. The van der Waals surface area contributed by atoms with E-state index in [0.717, 1.165) is 0 Å². The number of nitrogens with zero attached hydrogens (tertiary/aromatic N) is 1. The Balaban J connectivity index is 2.71. The monoisotopic (exact) mass is 282 g/mol. The summed E-state index contributed by atoms with van der Waals surface area (Å²) < 4.78 is 5.17. The Kier molecular flexibility index (Phi) is 4.47. The van der Waals surface area contributed by atoms with Crippen LogP contribution in [0.1, 0.15) is 33.5 Å². The minimum atomic E-state index is -1.09. The molecule has 0 spiro atoms. The number of rotatable bonds is 5. The van der Waals surface area contributed by atoms with Gasteiger partial charge >= 0.3 is 12.0 Å². The minimum Gasteiger partial charge on any atom is -0.481 e. The quantitative estimate of drug-likeness (QED) is 0.868. The average Bonchev–Trinajstić information content (AvgIpc) is 2.80. The summed E-state index contributed by atoms with van der Waals surface area (Å²) in [6, 6.07) is 3.18. The molecule has 6 heteroatoms. The van der Waals surface area contributed by atoms with Crippen molar-refractivity contribution in [1.29, 1.82) is 0 Å². The first-order valence-corrected chi connectivity index (χ1v) is 6.37. The standard InChI is InChI=1S/C14H22N2O4/c1-13(2,11(17)18)14(3,4)15-12(19)16(5)9-10-7-6-8-20-10/h6-8H,9H2,1-5H3,(H,15,19)(H,17,18). The summed E-state index contributed by atoms with van der Waals surface area (Å²) in [5.41, 5.74) is -1.98. The van der Waals surface area contributed by atoms with Gasteiger partial charge in [-0.1, -0.05) is 0 Å². The molecule has 0 bridgehead atoms. The van der Waals surface area contributed by atoms with Gasteiger partial charge in [-0.05, 0) is 39.8 Å². The highest BCUT2D eigenvalue weighted by molar-refractivity contribution is 5.79. The van der Waals surface area contributed by atoms with Gasteiger partial charge < -0.3 is 19.7 Å². The predicted molar refractivity (Wildman–Crippen MR) is 74.2 cm³/mol. The zero-order valence-corrected chi connectivity index (χ0v) is 12.6. The Morgan fingerprint density at radius 1 is 1.35 bits per heavy atom. The Morgan fingerprint density at radius 3 is 2.40 bits per heavy atom. The molecule has 0 saturated carbocycles. The van der Waals surface area contributed by atoms with E-state index < -0.39 is 16.9 Å². The number of hydrogen-bond donors (Lipinski definition) is 2. The van der Waals surface area contributed by atoms with Crippen LogP contribution in [-0.2, 0) is 11.3 Å². The molecule has 0 aliphatic carbocycles. The highest BCUT2D eigenvalue weighted by Crippen LogP contribution is 2.30. The van der Waals surface area contributed by atoms with Crippen molar-refractivity contribution < 1.29 is 19.1 Å². The van der Waals surface area contributed by atoms with E-state index in [1.54, 1.807) is 53.1 Å². The summed E-state index contributed by atoms with van der Waals surface area (Å²) in [5, 5.41) is 12.0. The lowest BCUT2D eigenvalue weighted by atomic mass is 9.74. The van der Waals surface area contributed by atoms with Gasteiger partial charge in [0, 0.05) is 7.05 Å². The normalized spacial score (nSPS) is 12.1. The molecule has 0 fully saturated rings. The second-order valence-corrected chi connectivity index (χ2v) is 5.92. The van der Waals surface area contributed by atoms with Crippen molar-refractivity contribution in [3.05, 3.63) is 24.2 Å². The third-order valence-corrected chi connectivity index (χ3v) is 3.84. The molecule has 20 heavy (non-hydrogen) atoms. The van der Waals surface area contributed by atoms with Gasteiger partial charge in [0.2, 0.25) is 0 Å². The van der Waals surface area contributed by atoms with Crippen LogP contribution < -0.4 is 5.32 Å². The number of carboxylic acids is 1. The maximum absolute atomic E-state index is 12.1. The molecule has 2 N–H and O–H groups in total. The van der Waals surface area contributed by atoms with Crippen LogP contribution in [0.3, 0.4) is 0 Å². The van der Waals surface area contributed by atoms with Gasteiger partial charge in [-0.3, -0.25) is 4.79 Å². The number of nitrogens with one attached hydrogen (secondary N) is 1. The lowest BCUT2D eigenvalue weighted by Gasteiger charge is -2.39. The van der Waals surface area contributed by atoms with Crippen LogP contribution in [0.2, 0.25) is 0 Å². The number of furan rings is 1. The molecular formula is C14H22N2O4. The lowest BCUT2D eigenvalue weighted by molar-refractivity contribution is -0.150. The van der Waals surface area contributed by atoms with Crippen LogP contribution in [0, 0.1) is 5.41 Å². The maximum atomic E-state index is 12.1. The van der Waals surface area contributed by atoms with Crippen molar-refractivity contribution in [1.82, 2.24) is 10.2 Å².